The number of para-hydroxylation sites is 1. The van der Waals surface area contributed by atoms with E-state index >= 15 is 0 Å². The van der Waals surface area contributed by atoms with E-state index in [9.17, 15) is 9.59 Å². The first-order chi connectivity index (χ1) is 10.1. The zero-order valence-electron chi connectivity index (χ0n) is 11.4. The van der Waals surface area contributed by atoms with E-state index in [1.54, 1.807) is 12.1 Å². The normalized spacial score (nSPS) is 18.3. The minimum absolute atomic E-state index is 0.150. The highest BCUT2D eigenvalue weighted by atomic mass is 16.2. The van der Waals surface area contributed by atoms with Crippen LogP contribution in [0.25, 0.3) is 10.9 Å². The molecule has 108 valence electrons. The summed E-state index contributed by atoms with van der Waals surface area (Å²) in [4.78, 5) is 28.2. The van der Waals surface area contributed by atoms with Crippen molar-refractivity contribution in [2.75, 3.05) is 12.3 Å². The predicted octanol–water partition coefficient (Wildman–Crippen LogP) is 0.825. The lowest BCUT2D eigenvalue weighted by Crippen LogP contribution is -2.50. The molecule has 1 aliphatic heterocycles. The van der Waals surface area contributed by atoms with Gasteiger partial charge in [0, 0.05) is 17.6 Å². The average Bonchev–Trinajstić information content (AvgIpc) is 2.49. The van der Waals surface area contributed by atoms with Crippen LogP contribution in [-0.4, -0.2) is 29.4 Å². The Bertz CT molecular complexity index is 714. The first-order valence-corrected chi connectivity index (χ1v) is 6.89. The third kappa shape index (κ3) is 2.65. The highest BCUT2D eigenvalue weighted by Gasteiger charge is 2.24. The van der Waals surface area contributed by atoms with Gasteiger partial charge in [-0.05, 0) is 25.0 Å². The summed E-state index contributed by atoms with van der Waals surface area (Å²) in [6, 6.07) is 8.40. The molecule has 1 aliphatic rings. The van der Waals surface area contributed by atoms with Crippen molar-refractivity contribution in [1.82, 2.24) is 15.6 Å². The van der Waals surface area contributed by atoms with Crippen LogP contribution in [0.5, 0.6) is 0 Å². The fraction of sp³-hybridized carbons (Fsp3) is 0.267. The Morgan fingerprint density at radius 2 is 2.19 bits per heavy atom. The smallest absolute Gasteiger partial charge is 0.270 e. The molecule has 6 heteroatoms. The molecule has 1 atom stereocenters. The number of hydrogen-bond acceptors (Lipinski definition) is 4. The molecular weight excluding hydrogens is 268 g/mol. The van der Waals surface area contributed by atoms with Crippen LogP contribution in [-0.2, 0) is 4.79 Å². The zero-order chi connectivity index (χ0) is 14.8. The van der Waals surface area contributed by atoms with Crippen LogP contribution < -0.4 is 16.4 Å². The number of pyridine rings is 1. The molecule has 1 fully saturated rings. The fourth-order valence-corrected chi connectivity index (χ4v) is 2.46. The van der Waals surface area contributed by atoms with E-state index in [0.717, 1.165) is 11.8 Å². The highest BCUT2D eigenvalue weighted by molar-refractivity contribution is 6.00. The number of benzene rings is 1. The maximum absolute atomic E-state index is 12.2. The summed E-state index contributed by atoms with van der Waals surface area (Å²) in [6.45, 7) is 0.659. The molecule has 1 unspecified atom stereocenters. The number of anilines is 1. The van der Waals surface area contributed by atoms with E-state index in [0.29, 0.717) is 24.2 Å². The Hall–Kier alpha value is -2.63. The summed E-state index contributed by atoms with van der Waals surface area (Å²) in [5.74, 6) is -0.530. The Labute approximate surface area is 121 Å². The quantitative estimate of drug-likeness (QED) is 0.760. The number of amides is 2. The van der Waals surface area contributed by atoms with E-state index in [4.69, 9.17) is 5.73 Å². The van der Waals surface area contributed by atoms with E-state index < -0.39 is 6.04 Å². The molecule has 0 radical (unpaired) electrons. The second kappa shape index (κ2) is 5.40. The van der Waals surface area contributed by atoms with Gasteiger partial charge < -0.3 is 16.4 Å². The number of carbonyl (C=O) groups excluding carboxylic acids is 2. The monoisotopic (exact) mass is 284 g/mol. The Morgan fingerprint density at radius 3 is 3.00 bits per heavy atom. The first-order valence-electron chi connectivity index (χ1n) is 6.89. The number of piperidine rings is 1. The van der Waals surface area contributed by atoms with Crippen molar-refractivity contribution in [3.05, 3.63) is 36.0 Å². The molecule has 21 heavy (non-hydrogen) atoms. The SMILES string of the molecule is Nc1cc(C(=O)NC2CCCNC2=O)nc2ccccc12. The second-order valence-corrected chi connectivity index (χ2v) is 5.07. The summed E-state index contributed by atoms with van der Waals surface area (Å²) in [6.07, 6.45) is 1.49. The molecule has 4 N–H and O–H groups in total. The summed E-state index contributed by atoms with van der Waals surface area (Å²) in [7, 11) is 0. The van der Waals surface area contributed by atoms with Crippen molar-refractivity contribution in [2.24, 2.45) is 0 Å². The number of nitrogen functional groups attached to an aromatic ring is 1. The molecule has 0 bridgehead atoms. The maximum atomic E-state index is 12.2. The molecule has 0 saturated carbocycles. The van der Waals surface area contributed by atoms with E-state index in [1.165, 1.54) is 0 Å². The topological polar surface area (TPSA) is 97.1 Å². The van der Waals surface area contributed by atoms with Gasteiger partial charge in [0.2, 0.25) is 5.91 Å². The van der Waals surface area contributed by atoms with Gasteiger partial charge in [0.25, 0.3) is 5.91 Å². The zero-order valence-corrected chi connectivity index (χ0v) is 11.4. The lowest BCUT2D eigenvalue weighted by Gasteiger charge is -2.22. The number of hydrogen-bond donors (Lipinski definition) is 3. The predicted molar refractivity (Wildman–Crippen MR) is 79.7 cm³/mol. The van der Waals surface area contributed by atoms with Gasteiger partial charge in [0.1, 0.15) is 11.7 Å². The summed E-state index contributed by atoms with van der Waals surface area (Å²) in [5, 5.41) is 6.25. The van der Waals surface area contributed by atoms with Crippen LogP contribution in [0.15, 0.2) is 30.3 Å². The number of nitrogens with one attached hydrogen (secondary N) is 2. The summed E-state index contributed by atoms with van der Waals surface area (Å²) < 4.78 is 0. The molecule has 2 amide bonds. The van der Waals surface area contributed by atoms with Gasteiger partial charge in [-0.25, -0.2) is 4.98 Å². The minimum atomic E-state index is -0.499. The van der Waals surface area contributed by atoms with E-state index in [2.05, 4.69) is 15.6 Å². The van der Waals surface area contributed by atoms with Crippen molar-refractivity contribution in [3.8, 4) is 0 Å². The first kappa shape index (κ1) is 13.4. The van der Waals surface area contributed by atoms with E-state index in [1.807, 2.05) is 18.2 Å². The van der Waals surface area contributed by atoms with Gasteiger partial charge in [-0.2, -0.15) is 0 Å². The Kier molecular flexibility index (Phi) is 3.43. The number of nitrogens with zero attached hydrogens (tertiary/aromatic N) is 1. The lowest BCUT2D eigenvalue weighted by molar-refractivity contribution is -0.124. The molecule has 1 aromatic heterocycles. The van der Waals surface area contributed by atoms with Crippen LogP contribution >= 0.6 is 0 Å². The van der Waals surface area contributed by atoms with Crippen LogP contribution in [0.4, 0.5) is 5.69 Å². The van der Waals surface area contributed by atoms with Crippen molar-refractivity contribution < 1.29 is 9.59 Å². The van der Waals surface area contributed by atoms with Crippen molar-refractivity contribution in [2.45, 2.75) is 18.9 Å². The molecule has 0 aliphatic carbocycles. The molecule has 3 rings (SSSR count). The van der Waals surface area contributed by atoms with Gasteiger partial charge >= 0.3 is 0 Å². The Morgan fingerprint density at radius 1 is 1.38 bits per heavy atom. The second-order valence-electron chi connectivity index (χ2n) is 5.07. The molecule has 0 spiro atoms. The number of carbonyl (C=O) groups is 2. The van der Waals surface area contributed by atoms with Gasteiger partial charge in [0.05, 0.1) is 5.52 Å². The van der Waals surface area contributed by atoms with Crippen LogP contribution in [0, 0.1) is 0 Å². The molecule has 1 aromatic carbocycles. The van der Waals surface area contributed by atoms with Gasteiger partial charge in [-0.1, -0.05) is 18.2 Å². The number of fused-ring (bicyclic) bond motifs is 1. The van der Waals surface area contributed by atoms with Crippen LogP contribution in [0.1, 0.15) is 23.3 Å². The fourth-order valence-electron chi connectivity index (χ4n) is 2.46. The van der Waals surface area contributed by atoms with Crippen molar-refractivity contribution in [1.29, 1.82) is 0 Å². The standard InChI is InChI=1S/C15H16N4O2/c16-10-8-13(18-11-5-2-1-4-9(10)11)15(21)19-12-6-3-7-17-14(12)20/h1-2,4-5,8,12H,3,6-7H2,(H2,16,18)(H,17,20)(H,19,21). The number of rotatable bonds is 2. The van der Waals surface area contributed by atoms with Crippen molar-refractivity contribution in [3.63, 3.8) is 0 Å². The minimum Gasteiger partial charge on any atom is -0.398 e. The van der Waals surface area contributed by atoms with E-state index in [-0.39, 0.29) is 17.5 Å². The Balaban J connectivity index is 1.86. The van der Waals surface area contributed by atoms with Gasteiger partial charge in [-0.3, -0.25) is 9.59 Å². The maximum Gasteiger partial charge on any atom is 0.270 e. The molecular formula is C15H16N4O2. The molecule has 1 saturated heterocycles. The summed E-state index contributed by atoms with van der Waals surface area (Å²) >= 11 is 0. The third-order valence-electron chi connectivity index (χ3n) is 3.57. The molecule has 6 nitrogen and oxygen atoms in total. The van der Waals surface area contributed by atoms with Crippen molar-refractivity contribution >= 4 is 28.4 Å². The number of nitrogens with two attached hydrogens (primary N) is 1. The molecule has 2 aromatic rings. The largest absolute Gasteiger partial charge is 0.398 e. The molecule has 2 heterocycles. The highest BCUT2D eigenvalue weighted by Crippen LogP contribution is 2.20. The third-order valence-corrected chi connectivity index (χ3v) is 3.57. The van der Waals surface area contributed by atoms with Gasteiger partial charge in [0.15, 0.2) is 0 Å². The van der Waals surface area contributed by atoms with Crippen LogP contribution in [0.2, 0.25) is 0 Å². The average molecular weight is 284 g/mol. The lowest BCUT2D eigenvalue weighted by atomic mass is 10.1. The summed E-state index contributed by atoms with van der Waals surface area (Å²) in [5.41, 5.74) is 7.34. The van der Waals surface area contributed by atoms with Gasteiger partial charge in [-0.15, -0.1) is 0 Å². The van der Waals surface area contributed by atoms with Crippen LogP contribution in [0.3, 0.4) is 0 Å². The number of aromatic nitrogens is 1.